The molecule has 0 heterocycles. The van der Waals surface area contributed by atoms with Crippen molar-refractivity contribution in [3.8, 4) is 0 Å². The second kappa shape index (κ2) is 4.64. The van der Waals surface area contributed by atoms with Gasteiger partial charge in [0.1, 0.15) is 0 Å². The van der Waals surface area contributed by atoms with Crippen molar-refractivity contribution in [1.82, 2.24) is 0 Å². The molecule has 1 aromatic carbocycles. The molecule has 0 amide bonds. The molecular formula is C13H14BrNO2S. The van der Waals surface area contributed by atoms with Crippen LogP contribution in [0.1, 0.15) is 18.9 Å². The second-order valence-corrected chi connectivity index (χ2v) is 8.13. The first kappa shape index (κ1) is 13.5. The predicted octanol–water partition coefficient (Wildman–Crippen LogP) is 2.80. The van der Waals surface area contributed by atoms with E-state index in [0.29, 0.717) is 6.42 Å². The zero-order valence-corrected chi connectivity index (χ0v) is 12.3. The Morgan fingerprint density at radius 1 is 1.28 bits per heavy atom. The first-order chi connectivity index (χ1) is 8.33. The van der Waals surface area contributed by atoms with Crippen LogP contribution in [-0.4, -0.2) is 12.1 Å². The molecule has 3 nitrogen and oxygen atoms in total. The molecule has 96 valence electrons. The standard InChI is InChI=1S/C13H14BrNO2S/c1-10-7-8-13(14,18(15,16)17)9-12(10)11-5-3-2-4-6-11/h2-8H,9H2,1H3,(H2,15,16,17). The van der Waals surface area contributed by atoms with E-state index >= 15 is 0 Å². The topological polar surface area (TPSA) is 60.2 Å². The number of hydrogen-bond donors (Lipinski definition) is 1. The Labute approximate surface area is 116 Å². The SMILES string of the molecule is CC1=C(c2ccccc2)CC(Br)(S(N)(=O)=O)C=C1. The zero-order valence-electron chi connectivity index (χ0n) is 9.93. The quantitative estimate of drug-likeness (QED) is 0.849. The molecule has 5 heteroatoms. The minimum Gasteiger partial charge on any atom is -0.227 e. The Balaban J connectivity index is 2.48. The van der Waals surface area contributed by atoms with Crippen LogP contribution < -0.4 is 5.14 Å². The van der Waals surface area contributed by atoms with Crippen LogP contribution in [0.25, 0.3) is 5.57 Å². The van der Waals surface area contributed by atoms with E-state index < -0.39 is 13.7 Å². The molecule has 18 heavy (non-hydrogen) atoms. The van der Waals surface area contributed by atoms with Gasteiger partial charge < -0.3 is 0 Å². The van der Waals surface area contributed by atoms with Crippen molar-refractivity contribution in [3.05, 3.63) is 53.6 Å². The lowest BCUT2D eigenvalue weighted by atomic mass is 9.92. The number of hydrogen-bond acceptors (Lipinski definition) is 2. The van der Waals surface area contributed by atoms with Crippen molar-refractivity contribution in [2.75, 3.05) is 0 Å². The van der Waals surface area contributed by atoms with Crippen LogP contribution in [0.3, 0.4) is 0 Å². The third-order valence-electron chi connectivity index (χ3n) is 3.07. The first-order valence-electron chi connectivity index (χ1n) is 5.49. The molecular weight excluding hydrogens is 314 g/mol. The summed E-state index contributed by atoms with van der Waals surface area (Å²) in [5.41, 5.74) is 3.07. The van der Waals surface area contributed by atoms with Gasteiger partial charge in [-0.2, -0.15) is 0 Å². The lowest BCUT2D eigenvalue weighted by Crippen LogP contribution is -2.37. The summed E-state index contributed by atoms with van der Waals surface area (Å²) in [4.78, 5) is 0. The van der Waals surface area contributed by atoms with E-state index in [2.05, 4.69) is 15.9 Å². The highest BCUT2D eigenvalue weighted by Gasteiger charge is 2.39. The largest absolute Gasteiger partial charge is 0.228 e. The van der Waals surface area contributed by atoms with Crippen molar-refractivity contribution in [2.24, 2.45) is 5.14 Å². The summed E-state index contributed by atoms with van der Waals surface area (Å²) < 4.78 is 22.1. The normalized spacial score (nSPS) is 24.4. The van der Waals surface area contributed by atoms with Gasteiger partial charge >= 0.3 is 0 Å². The van der Waals surface area contributed by atoms with Crippen LogP contribution in [0.2, 0.25) is 0 Å². The van der Waals surface area contributed by atoms with E-state index in [4.69, 9.17) is 5.14 Å². The minimum atomic E-state index is -3.69. The maximum absolute atomic E-state index is 11.6. The number of primary sulfonamides is 1. The average Bonchev–Trinajstić information content (AvgIpc) is 2.32. The van der Waals surface area contributed by atoms with Gasteiger partial charge in [-0.1, -0.05) is 58.4 Å². The lowest BCUT2D eigenvalue weighted by molar-refractivity contribution is 0.586. The Morgan fingerprint density at radius 3 is 2.44 bits per heavy atom. The first-order valence-corrected chi connectivity index (χ1v) is 7.83. The van der Waals surface area contributed by atoms with E-state index in [9.17, 15) is 8.42 Å². The minimum absolute atomic E-state index is 0.332. The molecule has 0 spiro atoms. The number of halogens is 1. The monoisotopic (exact) mass is 327 g/mol. The highest BCUT2D eigenvalue weighted by Crippen LogP contribution is 2.41. The van der Waals surface area contributed by atoms with E-state index in [1.165, 1.54) is 0 Å². The van der Waals surface area contributed by atoms with Crippen LogP contribution in [0.5, 0.6) is 0 Å². The average molecular weight is 328 g/mol. The van der Waals surface area contributed by atoms with Gasteiger partial charge in [-0.3, -0.25) is 0 Å². The Bertz CT molecular complexity index is 620. The summed E-state index contributed by atoms with van der Waals surface area (Å²) in [5.74, 6) is 0. The van der Waals surface area contributed by atoms with Crippen molar-refractivity contribution < 1.29 is 8.42 Å². The second-order valence-electron chi connectivity index (χ2n) is 4.37. The van der Waals surface area contributed by atoms with Crippen LogP contribution >= 0.6 is 15.9 Å². The number of nitrogens with two attached hydrogens (primary N) is 1. The summed E-state index contributed by atoms with van der Waals surface area (Å²) in [7, 11) is -3.69. The molecule has 2 rings (SSSR count). The van der Waals surface area contributed by atoms with Gasteiger partial charge in [0.05, 0.1) is 0 Å². The number of alkyl halides is 1. The molecule has 0 fully saturated rings. The Kier molecular flexibility index (Phi) is 3.49. The van der Waals surface area contributed by atoms with Crippen LogP contribution in [0.15, 0.2) is 48.1 Å². The number of benzene rings is 1. The van der Waals surface area contributed by atoms with E-state index in [1.54, 1.807) is 12.2 Å². The molecule has 0 bridgehead atoms. The third-order valence-corrected chi connectivity index (χ3v) is 6.20. The molecule has 1 aromatic rings. The molecule has 0 aliphatic heterocycles. The van der Waals surface area contributed by atoms with E-state index in [0.717, 1.165) is 16.7 Å². The number of sulfonamides is 1. The van der Waals surface area contributed by atoms with Crippen LogP contribution in [-0.2, 0) is 10.0 Å². The predicted molar refractivity (Wildman–Crippen MR) is 77.6 cm³/mol. The van der Waals surface area contributed by atoms with Crippen LogP contribution in [0.4, 0.5) is 0 Å². The van der Waals surface area contributed by atoms with E-state index in [1.807, 2.05) is 37.3 Å². The van der Waals surface area contributed by atoms with Gasteiger partial charge in [-0.25, -0.2) is 13.6 Å². The molecule has 1 aliphatic rings. The summed E-state index contributed by atoms with van der Waals surface area (Å²) in [5, 5.41) is 5.28. The van der Waals surface area contributed by atoms with Crippen molar-refractivity contribution in [2.45, 2.75) is 17.0 Å². The van der Waals surface area contributed by atoms with Gasteiger partial charge in [0, 0.05) is 6.42 Å². The maximum atomic E-state index is 11.6. The van der Waals surface area contributed by atoms with Crippen LogP contribution in [0, 0.1) is 0 Å². The van der Waals surface area contributed by atoms with Crippen molar-refractivity contribution in [3.63, 3.8) is 0 Å². The highest BCUT2D eigenvalue weighted by atomic mass is 79.9. The highest BCUT2D eigenvalue weighted by molar-refractivity contribution is 9.11. The Hall–Kier alpha value is -0.910. The molecule has 1 aliphatic carbocycles. The van der Waals surface area contributed by atoms with Gasteiger partial charge in [0.25, 0.3) is 0 Å². The fraction of sp³-hybridized carbons (Fsp3) is 0.231. The molecule has 0 saturated heterocycles. The molecule has 1 unspecified atom stereocenters. The molecule has 1 atom stereocenters. The lowest BCUT2D eigenvalue weighted by Gasteiger charge is -2.27. The number of allylic oxidation sites excluding steroid dienone is 3. The molecule has 0 saturated carbocycles. The summed E-state index contributed by atoms with van der Waals surface area (Å²) >= 11 is 3.25. The zero-order chi connectivity index (χ0) is 13.4. The summed E-state index contributed by atoms with van der Waals surface area (Å²) in [6.07, 6.45) is 3.73. The number of rotatable bonds is 2. The van der Waals surface area contributed by atoms with Gasteiger partial charge in [-0.05, 0) is 23.6 Å². The summed E-state index contributed by atoms with van der Waals surface area (Å²) in [6.45, 7) is 1.97. The van der Waals surface area contributed by atoms with Gasteiger partial charge in [-0.15, -0.1) is 0 Å². The van der Waals surface area contributed by atoms with Gasteiger partial charge in [0.2, 0.25) is 10.0 Å². The molecule has 0 aromatic heterocycles. The van der Waals surface area contributed by atoms with E-state index in [-0.39, 0.29) is 0 Å². The Morgan fingerprint density at radius 2 is 1.89 bits per heavy atom. The van der Waals surface area contributed by atoms with Crippen molar-refractivity contribution >= 4 is 31.5 Å². The maximum Gasteiger partial charge on any atom is 0.228 e. The van der Waals surface area contributed by atoms with Gasteiger partial charge in [0.15, 0.2) is 3.66 Å². The fourth-order valence-corrected chi connectivity index (χ4v) is 2.97. The molecule has 0 radical (unpaired) electrons. The fourth-order valence-electron chi connectivity index (χ4n) is 1.95. The third kappa shape index (κ3) is 2.43. The van der Waals surface area contributed by atoms with Crippen molar-refractivity contribution in [1.29, 1.82) is 0 Å². The molecule has 2 N–H and O–H groups in total. The smallest absolute Gasteiger partial charge is 0.227 e. The summed E-state index contributed by atoms with van der Waals surface area (Å²) in [6, 6.07) is 9.73.